The van der Waals surface area contributed by atoms with Crippen molar-refractivity contribution < 1.29 is 4.79 Å². The van der Waals surface area contributed by atoms with E-state index in [4.69, 9.17) is 15.7 Å². The molecule has 1 aliphatic heterocycles. The number of carbonyl (C=O) groups excluding carboxylic acids is 1. The topological polar surface area (TPSA) is 75.3 Å². The number of amides is 1. The van der Waals surface area contributed by atoms with E-state index in [9.17, 15) is 4.79 Å². The van der Waals surface area contributed by atoms with Gasteiger partial charge in [0, 0.05) is 31.1 Å². The molecule has 0 bridgehead atoms. The van der Waals surface area contributed by atoms with Crippen molar-refractivity contribution in [3.05, 3.63) is 52.2 Å². The number of hydrogen-bond acceptors (Lipinski definition) is 6. The molecule has 1 aliphatic carbocycles. The summed E-state index contributed by atoms with van der Waals surface area (Å²) in [5.74, 6) is 1.62. The van der Waals surface area contributed by atoms with Crippen LogP contribution in [0.5, 0.6) is 0 Å². The average Bonchev–Trinajstić information content (AvgIpc) is 3.12. The lowest BCUT2D eigenvalue weighted by Gasteiger charge is -2.39. The van der Waals surface area contributed by atoms with Gasteiger partial charge in [0.15, 0.2) is 0 Å². The molecule has 6 nitrogen and oxygen atoms in total. The molecule has 2 aromatic heterocycles. The predicted octanol–water partition coefficient (Wildman–Crippen LogP) is 3.23. The molecule has 2 N–H and O–H groups in total. The Bertz CT molecular complexity index is 1070. The standard InChI is InChI=1S/C23H27N5OS/c1-15-25-22(19-17-9-5-6-10-18(17)30-23(19)26-15)28-13-11-27(12-14-28)20(21(24)29)16-7-3-2-4-8-16/h2-4,7-8,20H,5-6,9-14H2,1H3,(H2,24,29)/t20-/m1/s1. The molecular formula is C23H27N5OS. The van der Waals surface area contributed by atoms with Crippen molar-refractivity contribution in [2.45, 2.75) is 38.6 Å². The average molecular weight is 422 g/mol. The molecule has 0 radical (unpaired) electrons. The summed E-state index contributed by atoms with van der Waals surface area (Å²) in [6.07, 6.45) is 4.82. The van der Waals surface area contributed by atoms with Crippen LogP contribution in [0, 0.1) is 6.92 Å². The van der Waals surface area contributed by atoms with Gasteiger partial charge in [-0.3, -0.25) is 9.69 Å². The van der Waals surface area contributed by atoms with E-state index in [0.29, 0.717) is 0 Å². The highest BCUT2D eigenvalue weighted by atomic mass is 32.1. The Hall–Kier alpha value is -2.51. The molecule has 1 fully saturated rings. The Morgan fingerprint density at radius 2 is 1.80 bits per heavy atom. The number of nitrogens with zero attached hydrogens (tertiary/aromatic N) is 4. The van der Waals surface area contributed by atoms with E-state index in [1.54, 1.807) is 0 Å². The van der Waals surface area contributed by atoms with Gasteiger partial charge in [0.05, 0.1) is 5.39 Å². The quantitative estimate of drug-likeness (QED) is 0.700. The van der Waals surface area contributed by atoms with Gasteiger partial charge in [0.1, 0.15) is 22.5 Å². The summed E-state index contributed by atoms with van der Waals surface area (Å²) in [5.41, 5.74) is 8.22. The van der Waals surface area contributed by atoms with Gasteiger partial charge in [-0.2, -0.15) is 0 Å². The highest BCUT2D eigenvalue weighted by Crippen LogP contribution is 2.40. The summed E-state index contributed by atoms with van der Waals surface area (Å²) >= 11 is 1.85. The Morgan fingerprint density at radius 3 is 2.53 bits per heavy atom. The molecule has 3 heterocycles. The van der Waals surface area contributed by atoms with Crippen LogP contribution < -0.4 is 10.6 Å². The van der Waals surface area contributed by atoms with Gasteiger partial charge in [0.2, 0.25) is 5.91 Å². The maximum atomic E-state index is 12.2. The highest BCUT2D eigenvalue weighted by Gasteiger charge is 2.31. The Labute approximate surface area is 180 Å². The number of benzene rings is 1. The third-order valence-electron chi connectivity index (χ3n) is 6.27. The number of fused-ring (bicyclic) bond motifs is 3. The maximum Gasteiger partial charge on any atom is 0.239 e. The highest BCUT2D eigenvalue weighted by molar-refractivity contribution is 7.19. The SMILES string of the molecule is Cc1nc(N2CCN([C@@H](C(N)=O)c3ccccc3)CC2)c2c3c(sc2n1)CCCC3. The van der Waals surface area contributed by atoms with Crippen LogP contribution in [0.2, 0.25) is 0 Å². The summed E-state index contributed by atoms with van der Waals surface area (Å²) in [5, 5.41) is 1.27. The number of rotatable bonds is 4. The summed E-state index contributed by atoms with van der Waals surface area (Å²) < 4.78 is 0. The lowest BCUT2D eigenvalue weighted by atomic mass is 9.96. The zero-order chi connectivity index (χ0) is 20.7. The number of aromatic nitrogens is 2. The van der Waals surface area contributed by atoms with E-state index in [1.165, 1.54) is 35.1 Å². The summed E-state index contributed by atoms with van der Waals surface area (Å²) in [4.78, 5) is 29.1. The number of thiophene rings is 1. The predicted molar refractivity (Wildman–Crippen MR) is 121 cm³/mol. The first kappa shape index (κ1) is 19.5. The number of carbonyl (C=O) groups is 1. The molecule has 1 aromatic carbocycles. The molecular weight excluding hydrogens is 394 g/mol. The molecule has 30 heavy (non-hydrogen) atoms. The van der Waals surface area contributed by atoms with Crippen LogP contribution in [0.25, 0.3) is 10.2 Å². The minimum Gasteiger partial charge on any atom is -0.368 e. The van der Waals surface area contributed by atoms with Crippen molar-refractivity contribution >= 4 is 33.3 Å². The molecule has 3 aromatic rings. The van der Waals surface area contributed by atoms with Crippen LogP contribution in [0.1, 0.15) is 40.7 Å². The molecule has 1 atom stereocenters. The second-order valence-electron chi connectivity index (χ2n) is 8.22. The van der Waals surface area contributed by atoms with Crippen molar-refractivity contribution in [1.29, 1.82) is 0 Å². The number of piperazine rings is 1. The molecule has 2 aliphatic rings. The minimum atomic E-state index is -0.380. The van der Waals surface area contributed by atoms with Crippen LogP contribution in [-0.4, -0.2) is 47.0 Å². The zero-order valence-corrected chi connectivity index (χ0v) is 18.1. The fourth-order valence-electron chi connectivity index (χ4n) is 4.85. The smallest absolute Gasteiger partial charge is 0.239 e. The minimum absolute atomic E-state index is 0.290. The van der Waals surface area contributed by atoms with Crippen LogP contribution in [-0.2, 0) is 17.6 Å². The zero-order valence-electron chi connectivity index (χ0n) is 17.3. The second-order valence-corrected chi connectivity index (χ2v) is 9.31. The van der Waals surface area contributed by atoms with Gasteiger partial charge < -0.3 is 10.6 Å². The van der Waals surface area contributed by atoms with Crippen LogP contribution in [0.3, 0.4) is 0 Å². The molecule has 0 unspecified atom stereocenters. The number of primary amides is 1. The molecule has 156 valence electrons. The largest absolute Gasteiger partial charge is 0.368 e. The summed E-state index contributed by atoms with van der Waals surface area (Å²) in [6, 6.07) is 9.47. The Kier molecular flexibility index (Phi) is 5.16. The normalized spacial score (nSPS) is 18.4. The fourth-order valence-corrected chi connectivity index (χ4v) is 6.15. The van der Waals surface area contributed by atoms with Gasteiger partial charge in [-0.05, 0) is 43.7 Å². The number of hydrogen-bond donors (Lipinski definition) is 1. The van der Waals surface area contributed by atoms with E-state index in [2.05, 4.69) is 9.80 Å². The first-order valence-electron chi connectivity index (χ1n) is 10.7. The monoisotopic (exact) mass is 421 g/mol. The Balaban J connectivity index is 1.42. The molecule has 1 amide bonds. The molecule has 0 saturated carbocycles. The third kappa shape index (κ3) is 3.46. The molecule has 5 rings (SSSR count). The molecule has 0 spiro atoms. The van der Waals surface area contributed by atoms with Gasteiger partial charge >= 0.3 is 0 Å². The Morgan fingerprint density at radius 1 is 1.07 bits per heavy atom. The van der Waals surface area contributed by atoms with E-state index >= 15 is 0 Å². The van der Waals surface area contributed by atoms with Crippen molar-refractivity contribution in [2.24, 2.45) is 5.73 Å². The maximum absolute atomic E-state index is 12.2. The van der Waals surface area contributed by atoms with Gasteiger partial charge in [-0.15, -0.1) is 11.3 Å². The van der Waals surface area contributed by atoms with Crippen LogP contribution >= 0.6 is 11.3 Å². The summed E-state index contributed by atoms with van der Waals surface area (Å²) in [7, 11) is 0. The second kappa shape index (κ2) is 7.96. The van der Waals surface area contributed by atoms with Crippen LogP contribution in [0.4, 0.5) is 5.82 Å². The van der Waals surface area contributed by atoms with Crippen molar-refractivity contribution in [1.82, 2.24) is 14.9 Å². The lowest BCUT2D eigenvalue weighted by Crippen LogP contribution is -2.50. The van der Waals surface area contributed by atoms with E-state index < -0.39 is 0 Å². The van der Waals surface area contributed by atoms with Gasteiger partial charge in [0.25, 0.3) is 0 Å². The van der Waals surface area contributed by atoms with E-state index in [-0.39, 0.29) is 11.9 Å². The first-order valence-corrected chi connectivity index (χ1v) is 11.6. The van der Waals surface area contributed by atoms with E-state index in [0.717, 1.165) is 54.6 Å². The molecule has 7 heteroatoms. The van der Waals surface area contributed by atoms with Crippen molar-refractivity contribution in [2.75, 3.05) is 31.1 Å². The lowest BCUT2D eigenvalue weighted by molar-refractivity contribution is -0.123. The number of aryl methyl sites for hydroxylation is 3. The number of anilines is 1. The van der Waals surface area contributed by atoms with Gasteiger partial charge in [-0.1, -0.05) is 30.3 Å². The van der Waals surface area contributed by atoms with Crippen LogP contribution in [0.15, 0.2) is 30.3 Å². The third-order valence-corrected chi connectivity index (χ3v) is 7.46. The molecule has 1 saturated heterocycles. The number of nitrogens with two attached hydrogens (primary N) is 1. The van der Waals surface area contributed by atoms with Gasteiger partial charge in [-0.25, -0.2) is 9.97 Å². The van der Waals surface area contributed by atoms with Crippen molar-refractivity contribution in [3.63, 3.8) is 0 Å². The first-order chi connectivity index (χ1) is 14.6. The van der Waals surface area contributed by atoms with Crippen molar-refractivity contribution in [3.8, 4) is 0 Å². The summed E-state index contributed by atoms with van der Waals surface area (Å²) in [6.45, 7) is 5.19. The fraction of sp³-hybridized carbons (Fsp3) is 0.435. The van der Waals surface area contributed by atoms with E-state index in [1.807, 2.05) is 48.6 Å².